The molecule has 0 saturated heterocycles. The number of thioether (sulfide) groups is 1. The van der Waals surface area contributed by atoms with Crippen molar-refractivity contribution < 1.29 is 9.59 Å². The molecule has 2 amide bonds. The first-order chi connectivity index (χ1) is 12.2. The molecule has 2 heterocycles. The molecule has 2 aromatic carbocycles. The van der Waals surface area contributed by atoms with Gasteiger partial charge in [0, 0.05) is 34.2 Å². The van der Waals surface area contributed by atoms with E-state index in [9.17, 15) is 9.59 Å². The Kier molecular flexibility index (Phi) is 3.99. The van der Waals surface area contributed by atoms with Gasteiger partial charge in [-0.25, -0.2) is 4.98 Å². The quantitative estimate of drug-likeness (QED) is 0.761. The predicted molar refractivity (Wildman–Crippen MR) is 97.3 cm³/mol. The van der Waals surface area contributed by atoms with Crippen LogP contribution >= 0.6 is 11.8 Å². The molecule has 1 aliphatic rings. The smallest absolute Gasteiger partial charge is 0.255 e. The van der Waals surface area contributed by atoms with Crippen LogP contribution in [0.15, 0.2) is 66.1 Å². The number of fused-ring (bicyclic) bond motifs is 1. The number of rotatable bonds is 3. The van der Waals surface area contributed by atoms with Crippen molar-refractivity contribution >= 4 is 35.0 Å². The van der Waals surface area contributed by atoms with Gasteiger partial charge < -0.3 is 15.2 Å². The number of nitrogens with one attached hydrogen (secondary N) is 2. The molecule has 0 spiro atoms. The lowest BCUT2D eigenvalue weighted by molar-refractivity contribution is -0.113. The summed E-state index contributed by atoms with van der Waals surface area (Å²) in [5, 5.41) is 5.66. The van der Waals surface area contributed by atoms with Gasteiger partial charge in [-0.2, -0.15) is 0 Å². The second-order valence-electron chi connectivity index (χ2n) is 5.52. The number of nitrogens with zero attached hydrogens (tertiary/aromatic N) is 2. The second-order valence-corrected chi connectivity index (χ2v) is 6.54. The number of amides is 2. The minimum absolute atomic E-state index is 0.0508. The van der Waals surface area contributed by atoms with Crippen LogP contribution in [0.3, 0.4) is 0 Å². The fourth-order valence-corrected chi connectivity index (χ4v) is 3.34. The number of aromatic nitrogens is 2. The molecular weight excluding hydrogens is 336 g/mol. The van der Waals surface area contributed by atoms with Crippen molar-refractivity contribution in [2.45, 2.75) is 4.90 Å². The molecule has 7 heteroatoms. The average Bonchev–Trinajstić information content (AvgIpc) is 3.16. The molecule has 1 aromatic heterocycles. The summed E-state index contributed by atoms with van der Waals surface area (Å²) in [6, 6.07) is 12.8. The van der Waals surface area contributed by atoms with Crippen LogP contribution in [0.4, 0.5) is 11.4 Å². The first-order valence-corrected chi connectivity index (χ1v) is 8.64. The van der Waals surface area contributed by atoms with E-state index in [1.54, 1.807) is 24.7 Å². The number of imidazole rings is 1. The molecule has 0 bridgehead atoms. The molecule has 1 aliphatic heterocycles. The van der Waals surface area contributed by atoms with Crippen molar-refractivity contribution in [3.05, 3.63) is 66.7 Å². The molecule has 0 unspecified atom stereocenters. The lowest BCUT2D eigenvalue weighted by atomic mass is 10.1. The van der Waals surface area contributed by atoms with E-state index < -0.39 is 0 Å². The molecule has 4 rings (SSSR count). The molecular formula is C18H14N4O2S. The van der Waals surface area contributed by atoms with E-state index in [0.717, 1.165) is 10.6 Å². The van der Waals surface area contributed by atoms with Gasteiger partial charge in [0.2, 0.25) is 5.91 Å². The zero-order chi connectivity index (χ0) is 17.2. The van der Waals surface area contributed by atoms with Crippen molar-refractivity contribution in [2.24, 2.45) is 0 Å². The summed E-state index contributed by atoms with van der Waals surface area (Å²) in [6.45, 7) is 0. The van der Waals surface area contributed by atoms with Gasteiger partial charge in [-0.15, -0.1) is 11.8 Å². The van der Waals surface area contributed by atoms with E-state index in [1.165, 1.54) is 11.8 Å². The maximum atomic E-state index is 12.4. The highest BCUT2D eigenvalue weighted by molar-refractivity contribution is 8.00. The van der Waals surface area contributed by atoms with E-state index in [4.69, 9.17) is 0 Å². The van der Waals surface area contributed by atoms with Gasteiger partial charge in [-0.3, -0.25) is 9.59 Å². The molecule has 3 aromatic rings. The van der Waals surface area contributed by atoms with Crippen molar-refractivity contribution in [1.82, 2.24) is 9.55 Å². The molecule has 25 heavy (non-hydrogen) atoms. The van der Waals surface area contributed by atoms with Gasteiger partial charge in [0.25, 0.3) is 5.91 Å². The minimum atomic E-state index is -0.219. The minimum Gasteiger partial charge on any atom is -0.324 e. The largest absolute Gasteiger partial charge is 0.324 e. The Morgan fingerprint density at radius 1 is 1.20 bits per heavy atom. The average molecular weight is 350 g/mol. The molecule has 124 valence electrons. The first kappa shape index (κ1) is 15.5. The van der Waals surface area contributed by atoms with Crippen molar-refractivity contribution in [3.8, 4) is 5.69 Å². The maximum absolute atomic E-state index is 12.4. The SMILES string of the molecule is O=C1CSc2ccc(C(=O)Nc3ccc(-n4ccnc4)cc3)cc2N1. The van der Waals surface area contributed by atoms with Crippen molar-refractivity contribution in [3.63, 3.8) is 0 Å². The summed E-state index contributed by atoms with van der Waals surface area (Å²) in [5.74, 6) is 0.134. The lowest BCUT2D eigenvalue weighted by Gasteiger charge is -2.17. The Labute approximate surface area is 148 Å². The molecule has 6 nitrogen and oxygen atoms in total. The molecule has 0 saturated carbocycles. The van der Waals surface area contributed by atoms with Gasteiger partial charge in [0.1, 0.15) is 0 Å². The normalized spacial score (nSPS) is 13.0. The molecule has 0 fully saturated rings. The fraction of sp³-hybridized carbons (Fsp3) is 0.0556. The number of anilines is 2. The lowest BCUT2D eigenvalue weighted by Crippen LogP contribution is -2.19. The van der Waals surface area contributed by atoms with E-state index >= 15 is 0 Å². The Bertz CT molecular complexity index is 936. The van der Waals surface area contributed by atoms with Crippen LogP contribution in [0.5, 0.6) is 0 Å². The molecule has 0 aliphatic carbocycles. The number of hydrogen-bond donors (Lipinski definition) is 2. The highest BCUT2D eigenvalue weighted by Crippen LogP contribution is 2.32. The molecule has 2 N–H and O–H groups in total. The Balaban J connectivity index is 1.50. The zero-order valence-corrected chi connectivity index (χ0v) is 13.9. The molecule has 0 atom stereocenters. The van der Waals surface area contributed by atoms with Gasteiger partial charge in [0.15, 0.2) is 0 Å². The van der Waals surface area contributed by atoms with Gasteiger partial charge >= 0.3 is 0 Å². The summed E-state index contributed by atoms with van der Waals surface area (Å²) < 4.78 is 1.88. The van der Waals surface area contributed by atoms with E-state index in [1.807, 2.05) is 41.1 Å². The monoisotopic (exact) mass is 350 g/mol. The number of carbonyl (C=O) groups excluding carboxylic acids is 2. The third-order valence-corrected chi connectivity index (χ3v) is 4.88. The fourth-order valence-electron chi connectivity index (χ4n) is 2.56. The van der Waals surface area contributed by atoms with Crippen LogP contribution in [-0.2, 0) is 4.79 Å². The third kappa shape index (κ3) is 3.27. The third-order valence-electron chi connectivity index (χ3n) is 3.80. The number of hydrogen-bond acceptors (Lipinski definition) is 4. The van der Waals surface area contributed by atoms with E-state index in [-0.39, 0.29) is 11.8 Å². The summed E-state index contributed by atoms with van der Waals surface area (Å²) in [6.07, 6.45) is 5.28. The van der Waals surface area contributed by atoms with Crippen LogP contribution in [-0.4, -0.2) is 27.1 Å². The Hall–Kier alpha value is -3.06. The van der Waals surface area contributed by atoms with Crippen LogP contribution in [0.1, 0.15) is 10.4 Å². The Morgan fingerprint density at radius 3 is 2.80 bits per heavy atom. The van der Waals surface area contributed by atoms with Crippen LogP contribution in [0.25, 0.3) is 5.69 Å². The summed E-state index contributed by atoms with van der Waals surface area (Å²) in [4.78, 5) is 28.9. The van der Waals surface area contributed by atoms with Crippen LogP contribution in [0, 0.1) is 0 Å². The van der Waals surface area contributed by atoms with Crippen molar-refractivity contribution in [2.75, 3.05) is 16.4 Å². The second kappa shape index (κ2) is 6.45. The van der Waals surface area contributed by atoms with E-state index in [2.05, 4.69) is 15.6 Å². The summed E-state index contributed by atoms with van der Waals surface area (Å²) >= 11 is 1.47. The topological polar surface area (TPSA) is 76.0 Å². The predicted octanol–water partition coefficient (Wildman–Crippen LogP) is 3.17. The van der Waals surface area contributed by atoms with Crippen LogP contribution < -0.4 is 10.6 Å². The van der Waals surface area contributed by atoms with Gasteiger partial charge in [-0.05, 0) is 42.5 Å². The highest BCUT2D eigenvalue weighted by Gasteiger charge is 2.17. The van der Waals surface area contributed by atoms with Gasteiger partial charge in [-0.1, -0.05) is 0 Å². The van der Waals surface area contributed by atoms with Crippen molar-refractivity contribution in [1.29, 1.82) is 0 Å². The highest BCUT2D eigenvalue weighted by atomic mass is 32.2. The zero-order valence-electron chi connectivity index (χ0n) is 13.1. The number of benzene rings is 2. The van der Waals surface area contributed by atoms with E-state index in [0.29, 0.717) is 22.7 Å². The first-order valence-electron chi connectivity index (χ1n) is 7.65. The maximum Gasteiger partial charge on any atom is 0.255 e. The van der Waals surface area contributed by atoms with Gasteiger partial charge in [0.05, 0.1) is 17.8 Å². The number of carbonyl (C=O) groups is 2. The van der Waals surface area contributed by atoms with Crippen LogP contribution in [0.2, 0.25) is 0 Å². The Morgan fingerprint density at radius 2 is 2.04 bits per heavy atom. The standard InChI is InChI=1S/C18H14N4O2S/c23-17-10-25-16-6-1-12(9-15(16)21-17)18(24)20-13-2-4-14(5-3-13)22-8-7-19-11-22/h1-9,11H,10H2,(H,20,24)(H,21,23). The molecule has 0 radical (unpaired) electrons. The summed E-state index contributed by atoms with van der Waals surface area (Å²) in [5.41, 5.74) is 2.85. The summed E-state index contributed by atoms with van der Waals surface area (Å²) in [7, 11) is 0.